The van der Waals surface area contributed by atoms with Gasteiger partial charge in [-0.05, 0) is 49.6 Å². The number of anilines is 1. The van der Waals surface area contributed by atoms with Gasteiger partial charge in [-0.1, -0.05) is 18.2 Å². The molecule has 6 heteroatoms. The molecule has 1 aromatic carbocycles. The Kier molecular flexibility index (Phi) is 4.47. The third-order valence-corrected chi connectivity index (χ3v) is 5.22. The summed E-state index contributed by atoms with van der Waals surface area (Å²) in [6.45, 7) is 3.77. The van der Waals surface area contributed by atoms with Gasteiger partial charge < -0.3 is 14.7 Å². The minimum Gasteiger partial charge on any atom is -0.469 e. The number of amides is 1. The number of hydrogen-bond acceptors (Lipinski definition) is 4. The van der Waals surface area contributed by atoms with Crippen LogP contribution in [0.4, 0.5) is 5.69 Å². The highest BCUT2D eigenvalue weighted by atomic mass is 16.3. The number of benzene rings is 1. The zero-order chi connectivity index (χ0) is 19.8. The number of H-pyrrole nitrogens is 1. The standard InChI is InChI=1S/C22H20N2O4/c1-12-5-3-6-13(2)20(12)24-22(27)16-11-15-17(23-21(16)26)9-14(10-18(15)25)19-7-4-8-28-19/h3-8,11,14H,9-10H2,1-2H3,(H,23,26)(H,24,27)/t14-/m1/s1. The summed E-state index contributed by atoms with van der Waals surface area (Å²) in [6.07, 6.45) is 2.34. The van der Waals surface area contributed by atoms with Crippen molar-refractivity contribution >= 4 is 17.4 Å². The summed E-state index contributed by atoms with van der Waals surface area (Å²) in [4.78, 5) is 40.7. The van der Waals surface area contributed by atoms with E-state index in [1.807, 2.05) is 38.1 Å². The van der Waals surface area contributed by atoms with Crippen LogP contribution in [0.25, 0.3) is 0 Å². The van der Waals surface area contributed by atoms with Crippen molar-refractivity contribution in [2.24, 2.45) is 0 Å². The molecule has 0 saturated heterocycles. The van der Waals surface area contributed by atoms with Gasteiger partial charge in [0.05, 0.1) is 6.26 Å². The average Bonchev–Trinajstić information content (AvgIpc) is 3.19. The SMILES string of the molecule is Cc1cccc(C)c1NC(=O)c1cc2c([nH]c1=O)C[C@@H](c1ccco1)CC2=O. The fourth-order valence-corrected chi connectivity index (χ4v) is 3.72. The van der Waals surface area contributed by atoms with Crippen molar-refractivity contribution in [3.8, 4) is 0 Å². The molecule has 1 aliphatic carbocycles. The van der Waals surface area contributed by atoms with Crippen molar-refractivity contribution in [1.82, 2.24) is 4.98 Å². The largest absolute Gasteiger partial charge is 0.469 e. The molecule has 2 heterocycles. The molecule has 3 aromatic rings. The van der Waals surface area contributed by atoms with E-state index in [1.54, 1.807) is 12.3 Å². The fraction of sp³-hybridized carbons (Fsp3) is 0.227. The van der Waals surface area contributed by atoms with Gasteiger partial charge in [0.1, 0.15) is 11.3 Å². The molecule has 1 amide bonds. The van der Waals surface area contributed by atoms with Gasteiger partial charge >= 0.3 is 0 Å². The zero-order valence-electron chi connectivity index (χ0n) is 15.7. The lowest BCUT2D eigenvalue weighted by Gasteiger charge is -2.22. The highest BCUT2D eigenvalue weighted by molar-refractivity contribution is 6.07. The molecule has 0 radical (unpaired) electrons. The van der Waals surface area contributed by atoms with Gasteiger partial charge in [-0.15, -0.1) is 0 Å². The predicted molar refractivity (Wildman–Crippen MR) is 105 cm³/mol. The molecule has 0 bridgehead atoms. The van der Waals surface area contributed by atoms with Crippen molar-refractivity contribution in [3.63, 3.8) is 0 Å². The van der Waals surface area contributed by atoms with Crippen molar-refractivity contribution in [3.05, 3.63) is 86.7 Å². The number of Topliss-reactive ketones (excluding diaryl/α,β-unsaturated/α-hetero) is 1. The summed E-state index contributed by atoms with van der Waals surface area (Å²) in [6, 6.07) is 10.7. The topological polar surface area (TPSA) is 92.2 Å². The second-order valence-corrected chi connectivity index (χ2v) is 7.17. The Morgan fingerprint density at radius 2 is 1.86 bits per heavy atom. The Labute approximate surface area is 161 Å². The summed E-state index contributed by atoms with van der Waals surface area (Å²) in [7, 11) is 0. The molecule has 6 nitrogen and oxygen atoms in total. The van der Waals surface area contributed by atoms with E-state index < -0.39 is 11.5 Å². The number of aryl methyl sites for hydroxylation is 2. The molecule has 142 valence electrons. The van der Waals surface area contributed by atoms with Crippen molar-refractivity contribution in [1.29, 1.82) is 0 Å². The van der Waals surface area contributed by atoms with Crippen molar-refractivity contribution in [2.45, 2.75) is 32.6 Å². The van der Waals surface area contributed by atoms with Crippen LogP contribution < -0.4 is 10.9 Å². The van der Waals surface area contributed by atoms with Crippen LogP contribution in [0.2, 0.25) is 0 Å². The highest BCUT2D eigenvalue weighted by Crippen LogP contribution is 2.32. The molecule has 2 aromatic heterocycles. The van der Waals surface area contributed by atoms with E-state index in [0.717, 1.165) is 16.9 Å². The Morgan fingerprint density at radius 3 is 2.54 bits per heavy atom. The van der Waals surface area contributed by atoms with Gasteiger partial charge in [-0.25, -0.2) is 0 Å². The Balaban J connectivity index is 1.66. The number of ketones is 1. The molecule has 2 N–H and O–H groups in total. The van der Waals surface area contributed by atoms with Crippen molar-refractivity contribution < 1.29 is 14.0 Å². The average molecular weight is 376 g/mol. The molecule has 0 fully saturated rings. The maximum absolute atomic E-state index is 12.7. The quantitative estimate of drug-likeness (QED) is 0.728. The lowest BCUT2D eigenvalue weighted by atomic mass is 9.84. The van der Waals surface area contributed by atoms with E-state index in [0.29, 0.717) is 23.4 Å². The van der Waals surface area contributed by atoms with E-state index in [1.165, 1.54) is 6.07 Å². The molecule has 1 aliphatic rings. The number of carbonyl (C=O) groups excluding carboxylic acids is 2. The normalized spacial score (nSPS) is 15.9. The number of furan rings is 1. The summed E-state index contributed by atoms with van der Waals surface area (Å²) in [5, 5.41) is 2.80. The molecule has 0 unspecified atom stereocenters. The first-order valence-electron chi connectivity index (χ1n) is 9.14. The number of aromatic nitrogens is 1. The maximum atomic E-state index is 12.7. The van der Waals surface area contributed by atoms with Gasteiger partial charge in [0.2, 0.25) is 0 Å². The molecule has 0 spiro atoms. The smallest absolute Gasteiger partial charge is 0.261 e. The second-order valence-electron chi connectivity index (χ2n) is 7.17. The summed E-state index contributed by atoms with van der Waals surface area (Å²) < 4.78 is 5.41. The molecule has 4 rings (SSSR count). The van der Waals surface area contributed by atoms with Gasteiger partial charge in [0, 0.05) is 29.3 Å². The van der Waals surface area contributed by atoms with Crippen LogP contribution in [0, 0.1) is 13.8 Å². The number of aromatic amines is 1. The van der Waals surface area contributed by atoms with Crippen LogP contribution in [0.1, 0.15) is 55.6 Å². The summed E-state index contributed by atoms with van der Waals surface area (Å²) in [5.74, 6) is -0.0286. The molecular weight excluding hydrogens is 356 g/mol. The molecule has 0 aliphatic heterocycles. The third-order valence-electron chi connectivity index (χ3n) is 5.22. The Morgan fingerprint density at radius 1 is 1.11 bits per heavy atom. The van der Waals surface area contributed by atoms with Crippen LogP contribution in [-0.2, 0) is 6.42 Å². The van der Waals surface area contributed by atoms with Gasteiger partial charge in [0.15, 0.2) is 5.78 Å². The summed E-state index contributed by atoms with van der Waals surface area (Å²) >= 11 is 0. The number of pyridine rings is 1. The number of nitrogens with one attached hydrogen (secondary N) is 2. The lowest BCUT2D eigenvalue weighted by Crippen LogP contribution is -2.29. The number of para-hydroxylation sites is 1. The number of fused-ring (bicyclic) bond motifs is 1. The number of carbonyl (C=O) groups is 2. The first-order chi connectivity index (χ1) is 13.4. The number of hydrogen-bond donors (Lipinski definition) is 2. The Hall–Kier alpha value is -3.41. The van der Waals surface area contributed by atoms with Gasteiger partial charge in [0.25, 0.3) is 11.5 Å². The highest BCUT2D eigenvalue weighted by Gasteiger charge is 2.30. The minimum absolute atomic E-state index is 0.0637. The lowest BCUT2D eigenvalue weighted by molar-refractivity contribution is 0.0959. The zero-order valence-corrected chi connectivity index (χ0v) is 15.7. The molecule has 28 heavy (non-hydrogen) atoms. The molecule has 0 saturated carbocycles. The Bertz CT molecular complexity index is 1110. The predicted octanol–water partition coefficient (Wildman–Crippen LogP) is 3.75. The van der Waals surface area contributed by atoms with Crippen LogP contribution in [0.15, 0.2) is 51.9 Å². The van der Waals surface area contributed by atoms with Crippen LogP contribution >= 0.6 is 0 Å². The van der Waals surface area contributed by atoms with Crippen LogP contribution in [0.5, 0.6) is 0 Å². The monoisotopic (exact) mass is 376 g/mol. The van der Waals surface area contributed by atoms with E-state index in [-0.39, 0.29) is 23.7 Å². The second kappa shape index (κ2) is 6.96. The maximum Gasteiger partial charge on any atom is 0.261 e. The summed E-state index contributed by atoms with van der Waals surface area (Å²) in [5.41, 5.74) is 2.86. The minimum atomic E-state index is -0.526. The third kappa shape index (κ3) is 3.17. The first kappa shape index (κ1) is 18.0. The first-order valence-corrected chi connectivity index (χ1v) is 9.14. The van der Waals surface area contributed by atoms with E-state index in [9.17, 15) is 14.4 Å². The van der Waals surface area contributed by atoms with Crippen LogP contribution in [0.3, 0.4) is 0 Å². The fourth-order valence-electron chi connectivity index (χ4n) is 3.72. The van der Waals surface area contributed by atoms with E-state index >= 15 is 0 Å². The van der Waals surface area contributed by atoms with E-state index in [4.69, 9.17) is 4.42 Å². The van der Waals surface area contributed by atoms with Crippen molar-refractivity contribution in [2.75, 3.05) is 5.32 Å². The number of rotatable bonds is 3. The molecular formula is C22H20N2O4. The van der Waals surface area contributed by atoms with E-state index in [2.05, 4.69) is 10.3 Å². The van der Waals surface area contributed by atoms with Gasteiger partial charge in [-0.2, -0.15) is 0 Å². The van der Waals surface area contributed by atoms with Crippen LogP contribution in [-0.4, -0.2) is 16.7 Å². The molecule has 1 atom stereocenters. The van der Waals surface area contributed by atoms with Gasteiger partial charge in [-0.3, -0.25) is 14.4 Å².